The summed E-state index contributed by atoms with van der Waals surface area (Å²) in [7, 11) is 0. The zero-order chi connectivity index (χ0) is 14.1. The molecule has 0 aromatic carbocycles. The molecule has 0 saturated carbocycles. The molecule has 1 heterocycles. The highest BCUT2D eigenvalue weighted by Gasteiger charge is 2.59. The molecular formula is C9H18O6. The van der Waals surface area contributed by atoms with Crippen molar-refractivity contribution in [3.63, 3.8) is 0 Å². The van der Waals surface area contributed by atoms with Crippen LogP contribution in [0.15, 0.2) is 0 Å². The second kappa shape index (κ2) is 3.65. The van der Waals surface area contributed by atoms with E-state index in [1.165, 1.54) is 0 Å². The lowest BCUT2D eigenvalue weighted by atomic mass is 9.81. The van der Waals surface area contributed by atoms with E-state index in [-0.39, 0.29) is 0 Å². The summed E-state index contributed by atoms with van der Waals surface area (Å²) in [6.07, 6.45) is -7.11. The van der Waals surface area contributed by atoms with Crippen molar-refractivity contribution in [1.29, 1.82) is 0 Å². The Kier molecular flexibility index (Phi) is 2.16. The van der Waals surface area contributed by atoms with Crippen LogP contribution in [-0.2, 0) is 4.74 Å². The molecule has 2 unspecified atom stereocenters. The predicted molar refractivity (Wildman–Crippen MR) is 49.8 cm³/mol. The van der Waals surface area contributed by atoms with Crippen LogP contribution < -0.4 is 0 Å². The minimum atomic E-state index is -2.35. The summed E-state index contributed by atoms with van der Waals surface area (Å²) < 4.78 is 26.2. The van der Waals surface area contributed by atoms with Crippen molar-refractivity contribution in [2.45, 2.75) is 56.5 Å². The average molecular weight is 225 g/mol. The highest BCUT2D eigenvalue weighted by Crippen LogP contribution is 2.37. The smallest absolute Gasteiger partial charge is 0.184 e. The number of hydrogen-bond acceptors (Lipinski definition) is 6. The fraction of sp³-hybridized carbons (Fsp3) is 1.00. The van der Waals surface area contributed by atoms with Crippen LogP contribution in [0.5, 0.6) is 0 Å². The van der Waals surface area contributed by atoms with E-state index in [0.717, 1.165) is 0 Å². The van der Waals surface area contributed by atoms with Crippen molar-refractivity contribution < 1.29 is 34.4 Å². The van der Waals surface area contributed by atoms with Gasteiger partial charge in [0.2, 0.25) is 0 Å². The molecule has 1 aliphatic rings. The molecule has 0 aromatic rings. The van der Waals surface area contributed by atoms with Crippen LogP contribution in [0.4, 0.5) is 0 Å². The molecule has 1 saturated heterocycles. The van der Waals surface area contributed by atoms with Crippen LogP contribution in [0.25, 0.3) is 0 Å². The lowest BCUT2D eigenvalue weighted by Crippen LogP contribution is -2.59. The molecule has 0 radical (unpaired) electrons. The molecule has 0 bridgehead atoms. The van der Waals surface area contributed by atoms with E-state index < -0.39 is 56.5 Å². The monoisotopic (exact) mass is 225 g/mol. The van der Waals surface area contributed by atoms with Gasteiger partial charge in [-0.15, -0.1) is 0 Å². The molecule has 1 aliphatic heterocycles. The van der Waals surface area contributed by atoms with Gasteiger partial charge in [-0.25, -0.2) is 0 Å². The fourth-order valence-corrected chi connectivity index (χ4v) is 1.46. The second-order valence-electron chi connectivity index (χ2n) is 3.85. The lowest BCUT2D eigenvalue weighted by Gasteiger charge is -2.38. The van der Waals surface area contributed by atoms with Crippen LogP contribution in [0.3, 0.4) is 0 Å². The first-order valence-electron chi connectivity index (χ1n) is 6.42. The van der Waals surface area contributed by atoms with Crippen LogP contribution >= 0.6 is 0 Å². The summed E-state index contributed by atoms with van der Waals surface area (Å²) in [6.45, 7) is -2.28. The molecule has 6 atom stereocenters. The summed E-state index contributed by atoms with van der Waals surface area (Å²) >= 11 is 0. The maximum absolute atomic E-state index is 10.1. The van der Waals surface area contributed by atoms with Crippen molar-refractivity contribution in [1.82, 2.24) is 0 Å². The van der Waals surface area contributed by atoms with Crippen LogP contribution in [0, 0.1) is 0 Å². The first-order valence-corrected chi connectivity index (χ1v) is 4.30. The molecule has 1 rings (SSSR count). The van der Waals surface area contributed by atoms with E-state index in [1.54, 1.807) is 0 Å². The van der Waals surface area contributed by atoms with Gasteiger partial charge in [0, 0.05) is 4.11 Å². The molecule has 6 heteroatoms. The maximum atomic E-state index is 10.1. The maximum Gasteiger partial charge on any atom is 0.184 e. The lowest BCUT2D eigenvalue weighted by molar-refractivity contribution is -0.205. The van der Waals surface area contributed by atoms with E-state index in [0.29, 0.717) is 0 Å². The fourth-order valence-electron chi connectivity index (χ4n) is 1.46. The zero-order valence-corrected chi connectivity index (χ0v) is 8.08. The standard InChI is InChI=1S/C9H18O6/c1-4(10)8(2,13)7-9(3,14)5(11)6(12)15-7/h4-7,10-14H,1-3H3/t4?,5-,6?,7+,8+,9+/m0/s1/i1D,2D,3D. The Hall–Kier alpha value is -0.240. The summed E-state index contributed by atoms with van der Waals surface area (Å²) in [5.41, 5.74) is -4.67. The Bertz CT molecular complexity index is 295. The van der Waals surface area contributed by atoms with Gasteiger partial charge >= 0.3 is 0 Å². The molecular weight excluding hydrogens is 204 g/mol. The van der Waals surface area contributed by atoms with E-state index in [1.807, 2.05) is 0 Å². The Morgan fingerprint density at radius 2 is 2.20 bits per heavy atom. The van der Waals surface area contributed by atoms with Gasteiger partial charge in [0.25, 0.3) is 0 Å². The van der Waals surface area contributed by atoms with E-state index in [2.05, 4.69) is 0 Å². The molecule has 0 spiro atoms. The van der Waals surface area contributed by atoms with Crippen molar-refractivity contribution in [3.8, 4) is 0 Å². The molecule has 1 fully saturated rings. The van der Waals surface area contributed by atoms with E-state index in [9.17, 15) is 25.5 Å². The van der Waals surface area contributed by atoms with Crippen molar-refractivity contribution >= 4 is 0 Å². The first kappa shape index (κ1) is 8.86. The topological polar surface area (TPSA) is 110 Å². The van der Waals surface area contributed by atoms with Crippen molar-refractivity contribution in [3.05, 3.63) is 0 Å². The third-order valence-electron chi connectivity index (χ3n) is 2.54. The molecule has 6 nitrogen and oxygen atoms in total. The summed E-state index contributed by atoms with van der Waals surface area (Å²) in [6, 6.07) is 0. The van der Waals surface area contributed by atoms with Gasteiger partial charge in [-0.2, -0.15) is 0 Å². The Labute approximate surface area is 92.0 Å². The number of aliphatic hydroxyl groups excluding tert-OH is 3. The van der Waals surface area contributed by atoms with Gasteiger partial charge in [0.15, 0.2) is 6.29 Å². The minimum absolute atomic E-state index is 0.657. The van der Waals surface area contributed by atoms with E-state index in [4.69, 9.17) is 8.85 Å². The van der Waals surface area contributed by atoms with Crippen molar-refractivity contribution in [2.75, 3.05) is 0 Å². The molecule has 0 aromatic heterocycles. The molecule has 15 heavy (non-hydrogen) atoms. The molecule has 0 aliphatic carbocycles. The number of rotatable bonds is 2. The van der Waals surface area contributed by atoms with Crippen LogP contribution in [-0.4, -0.2) is 61.3 Å². The molecule has 0 amide bonds. The summed E-state index contributed by atoms with van der Waals surface area (Å²) in [5, 5.41) is 48.7. The quantitative estimate of drug-likeness (QED) is 0.370. The van der Waals surface area contributed by atoms with Gasteiger partial charge in [-0.1, -0.05) is 0 Å². The third-order valence-corrected chi connectivity index (χ3v) is 2.54. The van der Waals surface area contributed by atoms with Gasteiger partial charge in [-0.05, 0) is 20.7 Å². The highest BCUT2D eigenvalue weighted by molar-refractivity contribution is 5.06. The zero-order valence-electron chi connectivity index (χ0n) is 11.1. The van der Waals surface area contributed by atoms with Gasteiger partial charge < -0.3 is 30.3 Å². The number of aliphatic hydroxyl groups is 5. The van der Waals surface area contributed by atoms with Crippen LogP contribution in [0.1, 0.15) is 24.8 Å². The highest BCUT2D eigenvalue weighted by atomic mass is 16.7. The number of ether oxygens (including phenoxy) is 1. The van der Waals surface area contributed by atoms with Crippen molar-refractivity contribution in [2.24, 2.45) is 0 Å². The Balaban J connectivity index is 3.13. The Morgan fingerprint density at radius 1 is 1.53 bits per heavy atom. The predicted octanol–water partition coefficient (Wildman–Crippen LogP) is -2.05. The average Bonchev–Trinajstić information content (AvgIpc) is 2.62. The van der Waals surface area contributed by atoms with E-state index >= 15 is 0 Å². The SMILES string of the molecule is [2H]CC(O)[C@](O)(C[2H])[C@H]1OC(O)[C@H](O)[C@]1(O)C[2H]. The molecule has 90 valence electrons. The summed E-state index contributed by atoms with van der Waals surface area (Å²) in [5.74, 6) is 0. The minimum Gasteiger partial charge on any atom is -0.390 e. The van der Waals surface area contributed by atoms with Gasteiger partial charge in [0.05, 0.1) is 6.10 Å². The summed E-state index contributed by atoms with van der Waals surface area (Å²) in [4.78, 5) is 0. The van der Waals surface area contributed by atoms with Gasteiger partial charge in [0.1, 0.15) is 23.4 Å². The van der Waals surface area contributed by atoms with Gasteiger partial charge in [-0.3, -0.25) is 0 Å². The third kappa shape index (κ3) is 1.89. The second-order valence-corrected chi connectivity index (χ2v) is 3.85. The Morgan fingerprint density at radius 3 is 2.67 bits per heavy atom. The largest absolute Gasteiger partial charge is 0.390 e. The van der Waals surface area contributed by atoms with Crippen LogP contribution in [0.2, 0.25) is 0 Å². The number of hydrogen-bond donors (Lipinski definition) is 5. The normalized spacial score (nSPS) is 50.2. The molecule has 5 N–H and O–H groups in total. The first-order chi connectivity index (χ1) is 8.27.